The predicted octanol–water partition coefficient (Wildman–Crippen LogP) is 2.96. The first kappa shape index (κ1) is 21.5. The number of amides is 1. The van der Waals surface area contributed by atoms with Crippen molar-refractivity contribution < 1.29 is 17.9 Å². The first-order valence-electron chi connectivity index (χ1n) is 9.79. The summed E-state index contributed by atoms with van der Waals surface area (Å²) in [7, 11) is -3.38. The van der Waals surface area contributed by atoms with Crippen molar-refractivity contribution in [3.63, 3.8) is 0 Å². The number of carbonyl (C=O) groups excluding carboxylic acids is 1. The lowest BCUT2D eigenvalue weighted by Crippen LogP contribution is -2.41. The zero-order chi connectivity index (χ0) is 21.0. The zero-order valence-corrected chi connectivity index (χ0v) is 18.0. The van der Waals surface area contributed by atoms with Gasteiger partial charge in [0.15, 0.2) is 0 Å². The van der Waals surface area contributed by atoms with Crippen molar-refractivity contribution in [1.29, 1.82) is 0 Å². The topological polar surface area (TPSA) is 75.7 Å². The molecular formula is C22H28N2O4S. The number of hydrogen-bond acceptors (Lipinski definition) is 4. The SMILES string of the molecule is Cc1ccc(C)c([C@@H](C)NC(=O)c2ccc(CS(=O)(=O)N3CCOCC3)cc2)c1. The molecule has 1 aliphatic heterocycles. The van der Waals surface area contributed by atoms with Gasteiger partial charge in [-0.25, -0.2) is 8.42 Å². The molecule has 0 spiro atoms. The van der Waals surface area contributed by atoms with Crippen LogP contribution in [0.3, 0.4) is 0 Å². The second-order valence-corrected chi connectivity index (χ2v) is 9.49. The molecule has 0 aliphatic carbocycles. The predicted molar refractivity (Wildman–Crippen MR) is 113 cm³/mol. The van der Waals surface area contributed by atoms with E-state index in [0.29, 0.717) is 37.4 Å². The fourth-order valence-electron chi connectivity index (χ4n) is 3.46. The fraction of sp³-hybridized carbons (Fsp3) is 0.409. The number of carbonyl (C=O) groups is 1. The maximum atomic E-state index is 12.6. The summed E-state index contributed by atoms with van der Waals surface area (Å²) in [6, 6.07) is 12.8. The van der Waals surface area contributed by atoms with Crippen LogP contribution in [0.2, 0.25) is 0 Å². The average Bonchev–Trinajstić information content (AvgIpc) is 2.70. The Hall–Kier alpha value is -2.22. The summed E-state index contributed by atoms with van der Waals surface area (Å²) < 4.78 is 31.7. The van der Waals surface area contributed by atoms with Gasteiger partial charge in [0.25, 0.3) is 5.91 Å². The van der Waals surface area contributed by atoms with Crippen LogP contribution in [0, 0.1) is 13.8 Å². The molecule has 0 bridgehead atoms. The first-order chi connectivity index (χ1) is 13.8. The molecule has 2 aromatic carbocycles. The van der Waals surface area contributed by atoms with Gasteiger partial charge in [-0.05, 0) is 49.6 Å². The number of rotatable bonds is 6. The van der Waals surface area contributed by atoms with Crippen molar-refractivity contribution in [3.8, 4) is 0 Å². The number of hydrogen-bond donors (Lipinski definition) is 1. The number of morpholine rings is 1. The third-order valence-electron chi connectivity index (χ3n) is 5.18. The maximum Gasteiger partial charge on any atom is 0.251 e. The summed E-state index contributed by atoms with van der Waals surface area (Å²) >= 11 is 0. The van der Waals surface area contributed by atoms with Gasteiger partial charge in [0.05, 0.1) is 25.0 Å². The Kier molecular flexibility index (Phi) is 6.72. The molecular weight excluding hydrogens is 388 g/mol. The van der Waals surface area contributed by atoms with E-state index < -0.39 is 10.0 Å². The van der Waals surface area contributed by atoms with E-state index >= 15 is 0 Å². The Morgan fingerprint density at radius 3 is 2.41 bits per heavy atom. The van der Waals surface area contributed by atoms with Crippen LogP contribution in [-0.4, -0.2) is 44.9 Å². The minimum atomic E-state index is -3.38. The Morgan fingerprint density at radius 2 is 1.76 bits per heavy atom. The highest BCUT2D eigenvalue weighted by molar-refractivity contribution is 7.88. The van der Waals surface area contributed by atoms with Crippen molar-refractivity contribution >= 4 is 15.9 Å². The Bertz CT molecular complexity index is 965. The highest BCUT2D eigenvalue weighted by atomic mass is 32.2. The summed E-state index contributed by atoms with van der Waals surface area (Å²) in [5, 5.41) is 3.02. The molecule has 1 atom stereocenters. The molecule has 1 aliphatic rings. The molecule has 7 heteroatoms. The van der Waals surface area contributed by atoms with Crippen LogP contribution in [0.5, 0.6) is 0 Å². The van der Waals surface area contributed by atoms with Crippen molar-refractivity contribution in [2.45, 2.75) is 32.6 Å². The van der Waals surface area contributed by atoms with Crippen LogP contribution in [0.25, 0.3) is 0 Å². The number of nitrogens with zero attached hydrogens (tertiary/aromatic N) is 1. The minimum absolute atomic E-state index is 0.0756. The Morgan fingerprint density at radius 1 is 1.10 bits per heavy atom. The fourth-order valence-corrected chi connectivity index (χ4v) is 4.96. The second kappa shape index (κ2) is 9.07. The lowest BCUT2D eigenvalue weighted by Gasteiger charge is -2.26. The molecule has 2 aromatic rings. The van der Waals surface area contributed by atoms with Crippen LogP contribution in [0.15, 0.2) is 42.5 Å². The third kappa shape index (κ3) is 5.44. The number of ether oxygens (including phenoxy) is 1. The van der Waals surface area contributed by atoms with Gasteiger partial charge in [0.1, 0.15) is 0 Å². The minimum Gasteiger partial charge on any atom is -0.379 e. The standard InChI is InChI=1S/C22H28N2O4S/c1-16-4-5-17(2)21(14-16)18(3)23-22(25)20-8-6-19(7-9-20)15-29(26,27)24-10-12-28-13-11-24/h4-9,14,18H,10-13,15H2,1-3H3,(H,23,25)/t18-/m1/s1. The third-order valence-corrected chi connectivity index (χ3v) is 7.03. The summed E-state index contributed by atoms with van der Waals surface area (Å²) in [6.45, 7) is 7.65. The van der Waals surface area contributed by atoms with Crippen LogP contribution < -0.4 is 5.32 Å². The molecule has 1 saturated heterocycles. The van der Waals surface area contributed by atoms with Crippen LogP contribution in [0.4, 0.5) is 0 Å². The van der Waals surface area contributed by atoms with Gasteiger partial charge in [-0.2, -0.15) is 4.31 Å². The van der Waals surface area contributed by atoms with Crippen molar-refractivity contribution in [2.24, 2.45) is 0 Å². The molecule has 0 saturated carbocycles. The summed E-state index contributed by atoms with van der Waals surface area (Å²) in [5.41, 5.74) is 4.54. The van der Waals surface area contributed by atoms with Crippen molar-refractivity contribution in [1.82, 2.24) is 9.62 Å². The molecule has 3 rings (SSSR count). The van der Waals surface area contributed by atoms with Gasteiger partial charge in [0, 0.05) is 18.7 Å². The largest absolute Gasteiger partial charge is 0.379 e. The average molecular weight is 417 g/mol. The molecule has 1 heterocycles. The summed E-state index contributed by atoms with van der Waals surface area (Å²) in [4.78, 5) is 12.6. The molecule has 1 fully saturated rings. The van der Waals surface area contributed by atoms with Crippen LogP contribution >= 0.6 is 0 Å². The molecule has 0 radical (unpaired) electrons. The van der Waals surface area contributed by atoms with E-state index in [0.717, 1.165) is 16.7 Å². The lowest BCUT2D eigenvalue weighted by molar-refractivity contribution is 0.0729. The van der Waals surface area contributed by atoms with E-state index in [1.54, 1.807) is 24.3 Å². The Labute approximate surface area is 172 Å². The normalized spacial score (nSPS) is 16.4. The summed E-state index contributed by atoms with van der Waals surface area (Å²) in [5.74, 6) is -0.255. The van der Waals surface area contributed by atoms with E-state index in [-0.39, 0.29) is 17.7 Å². The first-order valence-corrected chi connectivity index (χ1v) is 11.4. The van der Waals surface area contributed by atoms with Crippen LogP contribution in [0.1, 0.15) is 45.6 Å². The van der Waals surface area contributed by atoms with Crippen molar-refractivity contribution in [3.05, 3.63) is 70.3 Å². The van der Waals surface area contributed by atoms with E-state index in [4.69, 9.17) is 4.74 Å². The van der Waals surface area contributed by atoms with Gasteiger partial charge < -0.3 is 10.1 Å². The van der Waals surface area contributed by atoms with E-state index in [1.165, 1.54) is 4.31 Å². The molecule has 0 aromatic heterocycles. The van der Waals surface area contributed by atoms with Gasteiger partial charge >= 0.3 is 0 Å². The highest BCUT2D eigenvalue weighted by Crippen LogP contribution is 2.20. The van der Waals surface area contributed by atoms with E-state index in [9.17, 15) is 13.2 Å². The quantitative estimate of drug-likeness (QED) is 0.786. The molecule has 1 amide bonds. The second-order valence-electron chi connectivity index (χ2n) is 7.52. The number of sulfonamides is 1. The van der Waals surface area contributed by atoms with E-state index in [1.807, 2.05) is 20.8 Å². The smallest absolute Gasteiger partial charge is 0.251 e. The monoisotopic (exact) mass is 416 g/mol. The molecule has 156 valence electrons. The number of nitrogens with one attached hydrogen (secondary N) is 1. The zero-order valence-electron chi connectivity index (χ0n) is 17.1. The lowest BCUT2D eigenvalue weighted by atomic mass is 9.99. The molecule has 1 N–H and O–H groups in total. The van der Waals surface area contributed by atoms with Crippen LogP contribution in [-0.2, 0) is 20.5 Å². The van der Waals surface area contributed by atoms with E-state index in [2.05, 4.69) is 23.5 Å². The van der Waals surface area contributed by atoms with Gasteiger partial charge in [-0.1, -0.05) is 35.9 Å². The number of benzene rings is 2. The molecule has 29 heavy (non-hydrogen) atoms. The summed E-state index contributed by atoms with van der Waals surface area (Å²) in [6.07, 6.45) is 0. The molecule has 6 nitrogen and oxygen atoms in total. The number of aryl methyl sites for hydroxylation is 2. The van der Waals surface area contributed by atoms with Crippen molar-refractivity contribution in [2.75, 3.05) is 26.3 Å². The highest BCUT2D eigenvalue weighted by Gasteiger charge is 2.24. The van der Waals surface area contributed by atoms with Gasteiger partial charge in [0.2, 0.25) is 10.0 Å². The van der Waals surface area contributed by atoms with Gasteiger partial charge in [-0.15, -0.1) is 0 Å². The Balaban J connectivity index is 1.64. The van der Waals surface area contributed by atoms with Gasteiger partial charge in [-0.3, -0.25) is 4.79 Å². The molecule has 0 unspecified atom stereocenters. The maximum absolute atomic E-state index is 12.6.